The lowest BCUT2D eigenvalue weighted by Crippen LogP contribution is -2.21. The van der Waals surface area contributed by atoms with Crippen molar-refractivity contribution in [2.45, 2.75) is 18.5 Å². The lowest BCUT2D eigenvalue weighted by Gasteiger charge is -2.13. The highest BCUT2D eigenvalue weighted by atomic mass is 35.5. The Morgan fingerprint density at radius 3 is 2.37 bits per heavy atom. The Kier molecular flexibility index (Phi) is 7.23. The highest BCUT2D eigenvalue weighted by Crippen LogP contribution is 2.37. The highest BCUT2D eigenvalue weighted by Gasteiger charge is 2.20. The van der Waals surface area contributed by atoms with E-state index in [9.17, 15) is 4.79 Å². The van der Waals surface area contributed by atoms with Crippen LogP contribution in [0.4, 0.5) is 0 Å². The van der Waals surface area contributed by atoms with Crippen molar-refractivity contribution in [3.05, 3.63) is 105 Å². The molecule has 0 amide bonds. The molecule has 0 radical (unpaired) electrons. The second kappa shape index (κ2) is 10.7. The number of para-hydroxylation sites is 1. The zero-order valence-corrected chi connectivity index (χ0v) is 21.5. The quantitative estimate of drug-likeness (QED) is 0.120. The maximum atomic E-state index is 13.9. The number of hydrogen-bond donors (Lipinski definition) is 0. The molecule has 0 aliphatic carbocycles. The van der Waals surface area contributed by atoms with Gasteiger partial charge in [0, 0.05) is 21.2 Å². The number of thiophene rings is 1. The van der Waals surface area contributed by atoms with E-state index in [1.807, 2.05) is 84.9 Å². The largest absolute Gasteiger partial charge is 0.494 e. The second-order valence-corrected chi connectivity index (χ2v) is 10.7. The number of hydrogen-bond acceptors (Lipinski definition) is 5. The van der Waals surface area contributed by atoms with Crippen LogP contribution in [0, 0.1) is 6.92 Å². The number of rotatable bonds is 8. The van der Waals surface area contributed by atoms with Crippen LogP contribution in [0.3, 0.4) is 0 Å². The third-order valence-corrected chi connectivity index (χ3v) is 7.83. The van der Waals surface area contributed by atoms with E-state index in [0.717, 1.165) is 44.4 Å². The molecular formula is C28H23ClN2O2S2. The fourth-order valence-corrected chi connectivity index (χ4v) is 6.08. The molecule has 3 aromatic carbocycles. The molecule has 0 saturated heterocycles. The third-order valence-electron chi connectivity index (χ3n) is 5.55. The summed E-state index contributed by atoms with van der Waals surface area (Å²) in [6.45, 7) is 2.63. The van der Waals surface area contributed by atoms with Crippen LogP contribution in [0.5, 0.6) is 5.75 Å². The Morgan fingerprint density at radius 2 is 1.66 bits per heavy atom. The molecule has 2 aromatic heterocycles. The van der Waals surface area contributed by atoms with Crippen molar-refractivity contribution >= 4 is 44.9 Å². The molecule has 0 aliphatic heterocycles. The third kappa shape index (κ3) is 5.15. The minimum Gasteiger partial charge on any atom is -0.494 e. The lowest BCUT2D eigenvalue weighted by atomic mass is 10.0. The first-order valence-electron chi connectivity index (χ1n) is 11.3. The average Bonchev–Trinajstić information content (AvgIpc) is 3.22. The Bertz CT molecular complexity index is 1500. The van der Waals surface area contributed by atoms with Crippen LogP contribution in [-0.2, 0) is 0 Å². The van der Waals surface area contributed by atoms with Gasteiger partial charge in [-0.3, -0.25) is 9.36 Å². The molecule has 35 heavy (non-hydrogen) atoms. The van der Waals surface area contributed by atoms with Gasteiger partial charge in [-0.25, -0.2) is 4.98 Å². The molecule has 0 N–H and O–H groups in total. The summed E-state index contributed by atoms with van der Waals surface area (Å²) in [4.78, 5) is 20.8. The summed E-state index contributed by atoms with van der Waals surface area (Å²) in [7, 11) is 0. The molecule has 0 atom stereocenters. The Hall–Kier alpha value is -3.06. The van der Waals surface area contributed by atoms with E-state index in [1.165, 1.54) is 0 Å². The lowest BCUT2D eigenvalue weighted by molar-refractivity contribution is 0.318. The molecule has 7 heteroatoms. The second-order valence-electron chi connectivity index (χ2n) is 7.95. The van der Waals surface area contributed by atoms with Crippen LogP contribution < -0.4 is 10.3 Å². The highest BCUT2D eigenvalue weighted by molar-refractivity contribution is 7.99. The molecule has 0 spiro atoms. The van der Waals surface area contributed by atoms with E-state index in [2.05, 4.69) is 6.92 Å². The van der Waals surface area contributed by atoms with Crippen LogP contribution in [0.25, 0.3) is 27.0 Å². The molecule has 0 unspecified atom stereocenters. The molecule has 176 valence electrons. The summed E-state index contributed by atoms with van der Waals surface area (Å²) < 4.78 is 7.56. The van der Waals surface area contributed by atoms with Crippen molar-refractivity contribution in [1.82, 2.24) is 9.55 Å². The van der Waals surface area contributed by atoms with Crippen molar-refractivity contribution in [3.8, 4) is 22.6 Å². The van der Waals surface area contributed by atoms with Gasteiger partial charge in [0.2, 0.25) is 0 Å². The number of aryl methyl sites for hydroxylation is 1. The predicted molar refractivity (Wildman–Crippen MR) is 148 cm³/mol. The topological polar surface area (TPSA) is 44.1 Å². The number of thioether (sulfide) groups is 1. The summed E-state index contributed by atoms with van der Waals surface area (Å²) in [5, 5.41) is 2.06. The Balaban J connectivity index is 1.46. The van der Waals surface area contributed by atoms with E-state index in [4.69, 9.17) is 21.3 Å². The van der Waals surface area contributed by atoms with Gasteiger partial charge in [-0.05, 0) is 55.3 Å². The van der Waals surface area contributed by atoms with Crippen LogP contribution in [0.2, 0.25) is 5.02 Å². The number of nitrogens with zero attached hydrogens (tertiary/aromatic N) is 2. The van der Waals surface area contributed by atoms with E-state index in [-0.39, 0.29) is 5.56 Å². The zero-order valence-electron chi connectivity index (χ0n) is 19.1. The molecule has 5 aromatic rings. The molecule has 0 bridgehead atoms. The molecule has 4 nitrogen and oxygen atoms in total. The molecule has 0 fully saturated rings. The van der Waals surface area contributed by atoms with Gasteiger partial charge in [-0.1, -0.05) is 71.9 Å². The van der Waals surface area contributed by atoms with E-state index < -0.39 is 0 Å². The number of benzene rings is 3. The molecule has 0 aliphatic rings. The van der Waals surface area contributed by atoms with E-state index in [1.54, 1.807) is 27.7 Å². The Morgan fingerprint density at radius 1 is 0.971 bits per heavy atom. The minimum atomic E-state index is -0.0377. The van der Waals surface area contributed by atoms with E-state index >= 15 is 0 Å². The first kappa shape index (κ1) is 23.7. The van der Waals surface area contributed by atoms with Crippen LogP contribution in [0.15, 0.2) is 94.9 Å². The van der Waals surface area contributed by atoms with Gasteiger partial charge in [0.05, 0.1) is 17.7 Å². The van der Waals surface area contributed by atoms with Gasteiger partial charge in [0.1, 0.15) is 10.6 Å². The van der Waals surface area contributed by atoms with Crippen LogP contribution in [0.1, 0.15) is 11.3 Å². The number of halogens is 1. The standard InChI is InChI=1S/C28H23ClN2O2S2/c1-19-24(20-9-4-2-5-10-20)25-26(35-19)30-28(31(27(25)32)22-11-6-3-7-12-22)34-18-8-17-33-23-15-13-21(29)14-16-23/h2-7,9-16H,8,17-18H2,1H3. The van der Waals surface area contributed by atoms with Gasteiger partial charge in [0.15, 0.2) is 5.16 Å². The van der Waals surface area contributed by atoms with E-state index in [0.29, 0.717) is 22.2 Å². The van der Waals surface area contributed by atoms with Crippen molar-refractivity contribution in [2.75, 3.05) is 12.4 Å². The summed E-state index contributed by atoms with van der Waals surface area (Å²) >= 11 is 9.09. The van der Waals surface area contributed by atoms with Gasteiger partial charge in [0.25, 0.3) is 5.56 Å². The van der Waals surface area contributed by atoms with Gasteiger partial charge in [-0.15, -0.1) is 11.3 Å². The molecule has 2 heterocycles. The number of aromatic nitrogens is 2. The van der Waals surface area contributed by atoms with Crippen molar-refractivity contribution < 1.29 is 4.74 Å². The normalized spacial score (nSPS) is 11.1. The first-order valence-corrected chi connectivity index (χ1v) is 13.5. The van der Waals surface area contributed by atoms with Gasteiger partial charge in [-0.2, -0.15) is 0 Å². The SMILES string of the molecule is Cc1sc2nc(SCCCOc3ccc(Cl)cc3)n(-c3ccccc3)c(=O)c2c1-c1ccccc1. The van der Waals surface area contributed by atoms with Crippen molar-refractivity contribution in [3.63, 3.8) is 0 Å². The summed E-state index contributed by atoms with van der Waals surface area (Å²) in [6.07, 6.45) is 0.814. The average molecular weight is 519 g/mol. The van der Waals surface area contributed by atoms with Gasteiger partial charge >= 0.3 is 0 Å². The maximum absolute atomic E-state index is 13.9. The fraction of sp³-hybridized carbons (Fsp3) is 0.143. The fourth-order valence-electron chi connectivity index (χ4n) is 3.94. The molecule has 5 rings (SSSR count). The summed E-state index contributed by atoms with van der Waals surface area (Å²) in [6, 6.07) is 27.2. The first-order chi connectivity index (χ1) is 17.1. The summed E-state index contributed by atoms with van der Waals surface area (Å²) in [5.74, 6) is 1.57. The zero-order chi connectivity index (χ0) is 24.2. The summed E-state index contributed by atoms with van der Waals surface area (Å²) in [5.41, 5.74) is 2.79. The van der Waals surface area contributed by atoms with Crippen LogP contribution in [-0.4, -0.2) is 21.9 Å². The van der Waals surface area contributed by atoms with Crippen molar-refractivity contribution in [2.24, 2.45) is 0 Å². The monoisotopic (exact) mass is 518 g/mol. The van der Waals surface area contributed by atoms with Crippen molar-refractivity contribution in [1.29, 1.82) is 0 Å². The minimum absolute atomic E-state index is 0.0377. The number of ether oxygens (including phenoxy) is 1. The molecule has 0 saturated carbocycles. The smallest absolute Gasteiger partial charge is 0.268 e. The molecular weight excluding hydrogens is 496 g/mol. The maximum Gasteiger partial charge on any atom is 0.268 e. The predicted octanol–water partition coefficient (Wildman–Crippen LogP) is 7.64. The van der Waals surface area contributed by atoms with Crippen LogP contribution >= 0.6 is 34.7 Å². The van der Waals surface area contributed by atoms with Gasteiger partial charge < -0.3 is 4.74 Å². The number of fused-ring (bicyclic) bond motifs is 1. The Labute approximate surface area is 217 Å².